The zero-order valence-corrected chi connectivity index (χ0v) is 15.5. The summed E-state index contributed by atoms with van der Waals surface area (Å²) >= 11 is 1.50. The molecule has 0 atom stereocenters. The molecular weight excluding hydrogens is 326 g/mol. The maximum Gasteiger partial charge on any atom is 0.322 e. The van der Waals surface area contributed by atoms with Gasteiger partial charge < -0.3 is 9.15 Å². The number of benzene rings is 1. The Morgan fingerprint density at radius 3 is 2.75 bits per heavy atom. The van der Waals surface area contributed by atoms with Crippen molar-refractivity contribution in [2.24, 2.45) is 0 Å². The van der Waals surface area contributed by atoms with Gasteiger partial charge in [-0.05, 0) is 29.5 Å². The number of amides is 1. The number of hydrogen-bond acceptors (Lipinski definition) is 6. The van der Waals surface area contributed by atoms with Crippen LogP contribution in [0.5, 0.6) is 0 Å². The van der Waals surface area contributed by atoms with E-state index in [1.165, 1.54) is 24.4 Å². The molecule has 0 unspecified atom stereocenters. The Morgan fingerprint density at radius 1 is 1.33 bits per heavy atom. The van der Waals surface area contributed by atoms with Crippen LogP contribution in [-0.2, 0) is 21.6 Å². The van der Waals surface area contributed by atoms with Crippen LogP contribution in [0.3, 0.4) is 0 Å². The number of thioether (sulfide) groups is 1. The zero-order valence-electron chi connectivity index (χ0n) is 14.7. The van der Waals surface area contributed by atoms with Gasteiger partial charge in [-0.15, -0.1) is 16.9 Å². The predicted molar refractivity (Wildman–Crippen MR) is 94.2 cm³/mol. The highest BCUT2D eigenvalue weighted by Gasteiger charge is 2.16. The molecule has 0 fully saturated rings. The Labute approximate surface area is 146 Å². The molecule has 0 radical (unpaired) electrons. The second kappa shape index (κ2) is 7.81. The summed E-state index contributed by atoms with van der Waals surface area (Å²) in [5.74, 6) is 0.415. The monoisotopic (exact) mass is 349 g/mol. The molecule has 0 saturated heterocycles. The summed E-state index contributed by atoms with van der Waals surface area (Å²) in [5, 5.41) is 10.1. The number of methoxy groups -OCH3 is 1. The number of rotatable bonds is 6. The van der Waals surface area contributed by atoms with E-state index >= 15 is 0 Å². The van der Waals surface area contributed by atoms with E-state index in [-0.39, 0.29) is 29.7 Å². The van der Waals surface area contributed by atoms with Crippen molar-refractivity contribution in [2.75, 3.05) is 18.2 Å². The molecule has 24 heavy (non-hydrogen) atoms. The number of anilines is 1. The van der Waals surface area contributed by atoms with Crippen LogP contribution in [0.15, 0.2) is 27.5 Å². The van der Waals surface area contributed by atoms with Crippen LogP contribution in [0.4, 0.5) is 6.01 Å². The Hall–Kier alpha value is -1.86. The minimum Gasteiger partial charge on any atom is -0.405 e. The minimum absolute atomic E-state index is 0.0762. The van der Waals surface area contributed by atoms with E-state index in [0.717, 1.165) is 10.5 Å². The van der Waals surface area contributed by atoms with E-state index in [1.807, 2.05) is 6.92 Å². The first-order chi connectivity index (χ1) is 11.3. The van der Waals surface area contributed by atoms with Crippen LogP contribution in [0, 0.1) is 6.92 Å². The van der Waals surface area contributed by atoms with E-state index in [2.05, 4.69) is 54.5 Å². The summed E-state index contributed by atoms with van der Waals surface area (Å²) in [6.45, 7) is 8.78. The fourth-order valence-electron chi connectivity index (χ4n) is 2.01. The van der Waals surface area contributed by atoms with Crippen LogP contribution >= 0.6 is 11.8 Å². The molecule has 6 nitrogen and oxygen atoms in total. The largest absolute Gasteiger partial charge is 0.405 e. The molecule has 1 heterocycles. The Balaban J connectivity index is 1.96. The first kappa shape index (κ1) is 18.5. The van der Waals surface area contributed by atoms with Crippen molar-refractivity contribution in [1.29, 1.82) is 0 Å². The average molecular weight is 349 g/mol. The summed E-state index contributed by atoms with van der Waals surface area (Å²) < 4.78 is 10.1. The third-order valence-electron chi connectivity index (χ3n) is 3.39. The highest BCUT2D eigenvalue weighted by atomic mass is 32.2. The van der Waals surface area contributed by atoms with E-state index in [1.54, 1.807) is 0 Å². The van der Waals surface area contributed by atoms with Crippen molar-refractivity contribution in [3.8, 4) is 0 Å². The number of carbonyl (C=O) groups excluding carboxylic acids is 1. The van der Waals surface area contributed by atoms with Crippen LogP contribution in [0.1, 0.15) is 37.8 Å². The van der Waals surface area contributed by atoms with Crippen molar-refractivity contribution in [3.63, 3.8) is 0 Å². The predicted octanol–water partition coefficient (Wildman–Crippen LogP) is 3.55. The lowest BCUT2D eigenvalue weighted by Crippen LogP contribution is -2.15. The number of carbonyl (C=O) groups is 1. The summed E-state index contributed by atoms with van der Waals surface area (Å²) in [5.41, 5.74) is 2.48. The molecule has 2 rings (SSSR count). The van der Waals surface area contributed by atoms with Gasteiger partial charge in [0.15, 0.2) is 0 Å². The highest BCUT2D eigenvalue weighted by molar-refractivity contribution is 8.00. The van der Waals surface area contributed by atoms with Gasteiger partial charge in [-0.25, -0.2) is 0 Å². The highest BCUT2D eigenvalue weighted by Crippen LogP contribution is 2.29. The van der Waals surface area contributed by atoms with Crippen molar-refractivity contribution >= 4 is 23.7 Å². The molecule has 1 aromatic carbocycles. The van der Waals surface area contributed by atoms with Crippen LogP contribution in [-0.4, -0.2) is 29.0 Å². The molecule has 2 aromatic rings. The lowest BCUT2D eigenvalue weighted by Gasteiger charge is -2.20. The molecule has 1 aromatic heterocycles. The Kier molecular flexibility index (Phi) is 6.01. The summed E-state index contributed by atoms with van der Waals surface area (Å²) in [7, 11) is 1.53. The SMILES string of the molecule is COCc1nnc(NC(=O)CSc2cc(C(C)(C)C)ccc2C)o1. The van der Waals surface area contributed by atoms with E-state index in [4.69, 9.17) is 9.15 Å². The van der Waals surface area contributed by atoms with Crippen molar-refractivity contribution in [2.45, 2.75) is 44.6 Å². The number of aryl methyl sites for hydroxylation is 1. The number of aromatic nitrogens is 2. The minimum atomic E-state index is -0.187. The number of hydrogen-bond donors (Lipinski definition) is 1. The van der Waals surface area contributed by atoms with Gasteiger partial charge in [0, 0.05) is 12.0 Å². The fraction of sp³-hybridized carbons (Fsp3) is 0.471. The van der Waals surface area contributed by atoms with Gasteiger partial charge in [-0.2, -0.15) is 0 Å². The molecular formula is C17H23N3O3S. The van der Waals surface area contributed by atoms with Crippen LogP contribution < -0.4 is 5.32 Å². The number of nitrogens with zero attached hydrogens (tertiary/aromatic N) is 2. The molecule has 7 heteroatoms. The molecule has 0 saturated carbocycles. The third-order valence-corrected chi connectivity index (χ3v) is 4.55. The fourth-order valence-corrected chi connectivity index (χ4v) is 2.87. The molecule has 0 aliphatic rings. The third kappa shape index (κ3) is 5.07. The lowest BCUT2D eigenvalue weighted by atomic mass is 9.87. The quantitative estimate of drug-likeness (QED) is 0.804. The second-order valence-corrected chi connectivity index (χ2v) is 7.52. The lowest BCUT2D eigenvalue weighted by molar-refractivity contribution is -0.113. The normalized spacial score (nSPS) is 11.5. The van der Waals surface area contributed by atoms with Gasteiger partial charge in [-0.1, -0.05) is 38.0 Å². The van der Waals surface area contributed by atoms with Crippen molar-refractivity contribution in [3.05, 3.63) is 35.2 Å². The van der Waals surface area contributed by atoms with Crippen LogP contribution in [0.25, 0.3) is 0 Å². The standard InChI is InChI=1S/C17H23N3O3S/c1-11-6-7-12(17(2,3)4)8-13(11)24-10-14(21)18-16-20-19-15(23-16)9-22-5/h6-8H,9-10H2,1-5H3,(H,18,20,21). The second-order valence-electron chi connectivity index (χ2n) is 6.50. The van der Waals surface area contributed by atoms with E-state index in [0.29, 0.717) is 5.89 Å². The smallest absolute Gasteiger partial charge is 0.322 e. The maximum atomic E-state index is 12.1. The molecule has 0 aliphatic heterocycles. The van der Waals surface area contributed by atoms with Gasteiger partial charge >= 0.3 is 6.01 Å². The molecule has 0 aliphatic carbocycles. The topological polar surface area (TPSA) is 77.3 Å². The van der Waals surface area contributed by atoms with Crippen molar-refractivity contribution < 1.29 is 13.9 Å². The van der Waals surface area contributed by atoms with Gasteiger partial charge in [0.05, 0.1) is 5.75 Å². The first-order valence-electron chi connectivity index (χ1n) is 7.64. The molecule has 130 valence electrons. The number of nitrogens with one attached hydrogen (secondary N) is 1. The summed E-state index contributed by atoms with van der Waals surface area (Å²) in [4.78, 5) is 13.2. The maximum absolute atomic E-state index is 12.1. The first-order valence-corrected chi connectivity index (χ1v) is 8.63. The number of ether oxygens (including phenoxy) is 1. The summed E-state index contributed by atoms with van der Waals surface area (Å²) in [6, 6.07) is 6.47. The van der Waals surface area contributed by atoms with Crippen molar-refractivity contribution in [1.82, 2.24) is 10.2 Å². The molecule has 0 spiro atoms. The van der Waals surface area contributed by atoms with Gasteiger partial charge in [0.1, 0.15) is 6.61 Å². The summed E-state index contributed by atoms with van der Waals surface area (Å²) in [6.07, 6.45) is 0. The van der Waals surface area contributed by atoms with Gasteiger partial charge in [-0.3, -0.25) is 10.1 Å². The molecule has 1 N–H and O–H groups in total. The zero-order chi connectivity index (χ0) is 17.7. The molecule has 0 bridgehead atoms. The van der Waals surface area contributed by atoms with Gasteiger partial charge in [0.2, 0.25) is 11.8 Å². The van der Waals surface area contributed by atoms with E-state index < -0.39 is 0 Å². The van der Waals surface area contributed by atoms with Crippen LogP contribution in [0.2, 0.25) is 0 Å². The van der Waals surface area contributed by atoms with E-state index in [9.17, 15) is 4.79 Å². The Morgan fingerprint density at radius 2 is 2.08 bits per heavy atom. The average Bonchev–Trinajstić information content (AvgIpc) is 2.92. The molecule has 1 amide bonds. The van der Waals surface area contributed by atoms with Gasteiger partial charge in [0.25, 0.3) is 0 Å². The Bertz CT molecular complexity index is 707.